The number of carbonyl (C=O) groups excluding carboxylic acids is 1. The molecule has 100 valence electrons. The van der Waals surface area contributed by atoms with Gasteiger partial charge in [-0.15, -0.1) is 0 Å². The standard InChI is InChI=1S/C13H13ClN2O3/c14-10-3-1-9(2-4-10)7-18-8-11-5-6-12(19-11)13(17)16-15/h1-6H,7-8,15H2,(H,16,17). The molecule has 3 N–H and O–H groups in total. The lowest BCUT2D eigenvalue weighted by Gasteiger charge is -2.02. The number of hydrogen-bond acceptors (Lipinski definition) is 4. The van der Waals surface area contributed by atoms with Gasteiger partial charge in [-0.1, -0.05) is 23.7 Å². The van der Waals surface area contributed by atoms with E-state index in [0.29, 0.717) is 17.4 Å². The van der Waals surface area contributed by atoms with Gasteiger partial charge in [0.05, 0.1) is 6.61 Å². The molecule has 2 aromatic rings. The van der Waals surface area contributed by atoms with Crippen molar-refractivity contribution in [3.05, 3.63) is 58.5 Å². The number of nitrogen functional groups attached to an aromatic ring is 1. The van der Waals surface area contributed by atoms with Gasteiger partial charge in [-0.2, -0.15) is 0 Å². The third kappa shape index (κ3) is 3.82. The van der Waals surface area contributed by atoms with Gasteiger partial charge < -0.3 is 9.15 Å². The number of furan rings is 1. The smallest absolute Gasteiger partial charge is 0.300 e. The molecule has 0 radical (unpaired) electrons. The Hall–Kier alpha value is -1.82. The minimum Gasteiger partial charge on any atom is -0.453 e. The predicted molar refractivity (Wildman–Crippen MR) is 70.3 cm³/mol. The second-order valence-corrected chi connectivity index (χ2v) is 4.30. The van der Waals surface area contributed by atoms with Crippen LogP contribution < -0.4 is 11.3 Å². The highest BCUT2D eigenvalue weighted by molar-refractivity contribution is 6.30. The summed E-state index contributed by atoms with van der Waals surface area (Å²) in [4.78, 5) is 11.2. The average Bonchev–Trinajstić information content (AvgIpc) is 2.89. The van der Waals surface area contributed by atoms with Crippen LogP contribution in [0.4, 0.5) is 0 Å². The lowest BCUT2D eigenvalue weighted by Crippen LogP contribution is -2.29. The minimum atomic E-state index is -0.469. The number of nitrogens with two attached hydrogens (primary N) is 1. The number of ether oxygens (including phenoxy) is 1. The molecular formula is C13H13ClN2O3. The summed E-state index contributed by atoms with van der Waals surface area (Å²) in [5.41, 5.74) is 3.01. The highest BCUT2D eigenvalue weighted by Gasteiger charge is 2.09. The highest BCUT2D eigenvalue weighted by Crippen LogP contribution is 2.12. The van der Waals surface area contributed by atoms with Crippen LogP contribution in [0, 0.1) is 0 Å². The molecule has 0 aliphatic rings. The molecule has 0 fully saturated rings. The molecule has 2 rings (SSSR count). The summed E-state index contributed by atoms with van der Waals surface area (Å²) >= 11 is 5.78. The average molecular weight is 281 g/mol. The van der Waals surface area contributed by atoms with Crippen molar-refractivity contribution in [1.82, 2.24) is 5.43 Å². The largest absolute Gasteiger partial charge is 0.453 e. The Kier molecular flexibility index (Phi) is 4.57. The van der Waals surface area contributed by atoms with Crippen molar-refractivity contribution in [1.29, 1.82) is 0 Å². The van der Waals surface area contributed by atoms with Gasteiger partial charge in [-0.05, 0) is 29.8 Å². The number of carbonyl (C=O) groups is 1. The number of amides is 1. The molecule has 1 aromatic heterocycles. The van der Waals surface area contributed by atoms with E-state index >= 15 is 0 Å². The molecule has 0 unspecified atom stereocenters. The second-order valence-electron chi connectivity index (χ2n) is 3.86. The van der Waals surface area contributed by atoms with E-state index in [-0.39, 0.29) is 12.4 Å². The molecule has 1 aromatic carbocycles. The predicted octanol–water partition coefficient (Wildman–Crippen LogP) is 2.25. The van der Waals surface area contributed by atoms with E-state index in [4.69, 9.17) is 26.6 Å². The molecule has 6 heteroatoms. The molecule has 1 amide bonds. The molecule has 0 spiro atoms. The van der Waals surface area contributed by atoms with Gasteiger partial charge in [0.2, 0.25) is 0 Å². The third-order valence-electron chi connectivity index (χ3n) is 2.44. The number of rotatable bonds is 5. The molecule has 19 heavy (non-hydrogen) atoms. The van der Waals surface area contributed by atoms with Crippen molar-refractivity contribution in [2.24, 2.45) is 5.84 Å². The van der Waals surface area contributed by atoms with Gasteiger partial charge in [-0.25, -0.2) is 5.84 Å². The number of hydrazine groups is 1. The maximum atomic E-state index is 11.2. The van der Waals surface area contributed by atoms with Crippen LogP contribution >= 0.6 is 11.6 Å². The quantitative estimate of drug-likeness (QED) is 0.500. The monoisotopic (exact) mass is 280 g/mol. The van der Waals surface area contributed by atoms with Crippen molar-refractivity contribution < 1.29 is 13.9 Å². The van der Waals surface area contributed by atoms with E-state index in [0.717, 1.165) is 5.56 Å². The summed E-state index contributed by atoms with van der Waals surface area (Å²) in [5, 5.41) is 0.687. The van der Waals surface area contributed by atoms with Gasteiger partial charge in [0.15, 0.2) is 5.76 Å². The molecule has 0 bridgehead atoms. The van der Waals surface area contributed by atoms with Crippen LogP contribution in [0.1, 0.15) is 21.9 Å². The van der Waals surface area contributed by atoms with Crippen LogP contribution in [-0.4, -0.2) is 5.91 Å². The van der Waals surface area contributed by atoms with Crippen molar-refractivity contribution in [3.63, 3.8) is 0 Å². The molecule has 5 nitrogen and oxygen atoms in total. The zero-order chi connectivity index (χ0) is 13.7. The van der Waals surface area contributed by atoms with Gasteiger partial charge >= 0.3 is 5.91 Å². The van der Waals surface area contributed by atoms with Gasteiger partial charge in [0.25, 0.3) is 0 Å². The van der Waals surface area contributed by atoms with Crippen LogP contribution in [-0.2, 0) is 18.0 Å². The van der Waals surface area contributed by atoms with E-state index in [9.17, 15) is 4.79 Å². The van der Waals surface area contributed by atoms with Crippen molar-refractivity contribution in [2.75, 3.05) is 0 Å². The lowest BCUT2D eigenvalue weighted by atomic mass is 10.2. The number of hydrogen-bond donors (Lipinski definition) is 2. The van der Waals surface area contributed by atoms with Gasteiger partial charge in [-0.3, -0.25) is 10.2 Å². The molecule has 0 aliphatic heterocycles. The summed E-state index contributed by atoms with van der Waals surface area (Å²) in [6, 6.07) is 10.6. The molecule has 0 atom stereocenters. The number of halogens is 1. The van der Waals surface area contributed by atoms with E-state index < -0.39 is 5.91 Å². The van der Waals surface area contributed by atoms with Crippen LogP contribution in [0.3, 0.4) is 0 Å². The molecule has 1 heterocycles. The Morgan fingerprint density at radius 3 is 2.63 bits per heavy atom. The first-order chi connectivity index (χ1) is 9.19. The fourth-order valence-corrected chi connectivity index (χ4v) is 1.62. The van der Waals surface area contributed by atoms with Crippen molar-refractivity contribution >= 4 is 17.5 Å². The summed E-state index contributed by atoms with van der Waals surface area (Å²) in [7, 11) is 0. The van der Waals surface area contributed by atoms with Crippen molar-refractivity contribution in [2.45, 2.75) is 13.2 Å². The highest BCUT2D eigenvalue weighted by atomic mass is 35.5. The van der Waals surface area contributed by atoms with E-state index in [1.807, 2.05) is 17.6 Å². The van der Waals surface area contributed by atoms with E-state index in [1.165, 1.54) is 0 Å². The minimum absolute atomic E-state index is 0.160. The number of benzene rings is 1. The normalized spacial score (nSPS) is 10.4. The number of nitrogens with one attached hydrogen (secondary N) is 1. The Morgan fingerprint density at radius 2 is 1.95 bits per heavy atom. The Labute approximate surface area is 115 Å². The first kappa shape index (κ1) is 13.6. The second kappa shape index (κ2) is 6.38. The van der Waals surface area contributed by atoms with Crippen LogP contribution in [0.5, 0.6) is 0 Å². The summed E-state index contributed by atoms with van der Waals surface area (Å²) in [6.45, 7) is 0.719. The molecule has 0 saturated carbocycles. The first-order valence-electron chi connectivity index (χ1n) is 5.61. The van der Waals surface area contributed by atoms with Crippen LogP contribution in [0.25, 0.3) is 0 Å². The summed E-state index contributed by atoms with van der Waals surface area (Å²) in [5.74, 6) is 5.25. The van der Waals surface area contributed by atoms with Crippen LogP contribution in [0.15, 0.2) is 40.8 Å². The zero-order valence-corrected chi connectivity index (χ0v) is 10.8. The molecule has 0 saturated heterocycles. The maximum absolute atomic E-state index is 11.2. The SMILES string of the molecule is NNC(=O)c1ccc(COCc2ccc(Cl)cc2)o1. The molecule has 0 aliphatic carbocycles. The Morgan fingerprint density at radius 1 is 1.21 bits per heavy atom. The van der Waals surface area contributed by atoms with E-state index in [2.05, 4.69) is 0 Å². The summed E-state index contributed by atoms with van der Waals surface area (Å²) in [6.07, 6.45) is 0. The third-order valence-corrected chi connectivity index (χ3v) is 2.69. The van der Waals surface area contributed by atoms with E-state index in [1.54, 1.807) is 24.3 Å². The summed E-state index contributed by atoms with van der Waals surface area (Å²) < 4.78 is 10.7. The first-order valence-corrected chi connectivity index (χ1v) is 5.98. The Balaban J connectivity index is 1.84. The van der Waals surface area contributed by atoms with Crippen molar-refractivity contribution in [3.8, 4) is 0 Å². The lowest BCUT2D eigenvalue weighted by molar-refractivity contribution is 0.0856. The Bertz CT molecular complexity index is 551. The fraction of sp³-hybridized carbons (Fsp3) is 0.154. The maximum Gasteiger partial charge on any atom is 0.300 e. The zero-order valence-electron chi connectivity index (χ0n) is 10.1. The van der Waals surface area contributed by atoms with Gasteiger partial charge in [0.1, 0.15) is 12.4 Å². The fourth-order valence-electron chi connectivity index (χ4n) is 1.50. The van der Waals surface area contributed by atoms with Crippen LogP contribution in [0.2, 0.25) is 5.02 Å². The molecular weight excluding hydrogens is 268 g/mol. The topological polar surface area (TPSA) is 77.5 Å². The van der Waals surface area contributed by atoms with Gasteiger partial charge in [0, 0.05) is 5.02 Å².